The van der Waals surface area contributed by atoms with E-state index in [9.17, 15) is 22.8 Å². The maximum absolute atomic E-state index is 11.0. The van der Waals surface area contributed by atoms with Gasteiger partial charge >= 0.3 is 18.1 Å². The van der Waals surface area contributed by atoms with Crippen LogP contribution >= 0.6 is 0 Å². The molecule has 1 heterocycles. The van der Waals surface area contributed by atoms with Crippen molar-refractivity contribution in [1.82, 2.24) is 9.78 Å². The number of carbonyl (C=O) groups is 3. The van der Waals surface area contributed by atoms with Gasteiger partial charge in [-0.1, -0.05) is 0 Å². The average molecular weight is 310 g/mol. The second kappa shape index (κ2) is 8.02. The maximum Gasteiger partial charge on any atom is 0.446 e. The Morgan fingerprint density at radius 2 is 2.00 bits per heavy atom. The van der Waals surface area contributed by atoms with Crippen LogP contribution in [0.2, 0.25) is 0 Å². The number of esters is 1. The van der Waals surface area contributed by atoms with Crippen LogP contribution in [-0.2, 0) is 32.1 Å². The smallest absolute Gasteiger partial charge is 0.446 e. The van der Waals surface area contributed by atoms with Gasteiger partial charge in [0.05, 0.1) is 19.2 Å². The molecule has 0 bridgehead atoms. The van der Waals surface area contributed by atoms with Gasteiger partial charge in [-0.25, -0.2) is 0 Å². The van der Waals surface area contributed by atoms with Crippen LogP contribution in [0.5, 0.6) is 0 Å². The number of carbonyl (C=O) groups excluding carboxylic acids is 2. The maximum atomic E-state index is 11.0. The van der Waals surface area contributed by atoms with Gasteiger partial charge in [0, 0.05) is 6.20 Å². The Hall–Kier alpha value is -2.39. The van der Waals surface area contributed by atoms with Crippen molar-refractivity contribution < 1.29 is 37.4 Å². The number of aliphatic carboxylic acids is 1. The van der Waals surface area contributed by atoms with Crippen LogP contribution in [0.15, 0.2) is 6.20 Å². The Labute approximate surface area is 117 Å². The molecule has 1 aromatic rings. The Morgan fingerprint density at radius 3 is 2.38 bits per heavy atom. The lowest BCUT2D eigenvalue weighted by molar-refractivity contribution is -0.156. The van der Waals surface area contributed by atoms with Crippen molar-refractivity contribution in [3.63, 3.8) is 0 Å². The summed E-state index contributed by atoms with van der Waals surface area (Å²) in [5.74, 6) is -1.36. The molecule has 0 amide bonds. The molecule has 21 heavy (non-hydrogen) atoms. The zero-order valence-electron chi connectivity index (χ0n) is 11.2. The van der Waals surface area contributed by atoms with Gasteiger partial charge in [0.25, 0.3) is 0 Å². The van der Waals surface area contributed by atoms with E-state index in [1.54, 1.807) is 13.1 Å². The Kier molecular flexibility index (Phi) is 7.11. The molecular weight excluding hydrogens is 297 g/mol. The third kappa shape index (κ3) is 8.39. The zero-order chi connectivity index (χ0) is 16.6. The first kappa shape index (κ1) is 18.6. The Morgan fingerprint density at radius 1 is 1.48 bits per heavy atom. The minimum Gasteiger partial charge on any atom is -0.480 e. The molecule has 0 radical (unpaired) electrons. The van der Waals surface area contributed by atoms with Gasteiger partial charge < -0.3 is 9.84 Å². The van der Waals surface area contributed by atoms with Crippen molar-refractivity contribution in [1.29, 1.82) is 0 Å². The van der Waals surface area contributed by atoms with E-state index in [2.05, 4.69) is 9.84 Å². The Bertz CT molecular complexity index is 510. The van der Waals surface area contributed by atoms with Gasteiger partial charge in [0.15, 0.2) is 0 Å². The fourth-order valence-electron chi connectivity index (χ4n) is 1.16. The van der Waals surface area contributed by atoms with Crippen LogP contribution in [0.3, 0.4) is 0 Å². The minimum absolute atomic E-state index is 0.0644. The minimum atomic E-state index is -4.64. The molecule has 0 spiro atoms. The average Bonchev–Trinajstić information content (AvgIpc) is 2.68. The number of carboxylic acid groups (broad SMARTS) is 1. The van der Waals surface area contributed by atoms with Crippen molar-refractivity contribution in [3.05, 3.63) is 17.5 Å². The van der Waals surface area contributed by atoms with Gasteiger partial charge in [-0.15, -0.1) is 0 Å². The molecule has 1 N–H and O–H groups in total. The van der Waals surface area contributed by atoms with Crippen LogP contribution in [-0.4, -0.2) is 46.4 Å². The molecule has 0 aliphatic heterocycles. The van der Waals surface area contributed by atoms with Gasteiger partial charge in [-0.05, 0) is 12.5 Å². The monoisotopic (exact) mass is 310 g/mol. The quantitative estimate of drug-likeness (QED) is 0.650. The second-order valence-corrected chi connectivity index (χ2v) is 3.76. The zero-order valence-corrected chi connectivity index (χ0v) is 11.2. The summed E-state index contributed by atoms with van der Waals surface area (Å²) in [6.45, 7) is 1.56. The highest BCUT2D eigenvalue weighted by atomic mass is 19.4. The van der Waals surface area contributed by atoms with Gasteiger partial charge in [0.2, 0.25) is 6.29 Å². The topological polar surface area (TPSA) is 98.5 Å². The lowest BCUT2D eigenvalue weighted by atomic mass is 10.2. The third-order valence-corrected chi connectivity index (χ3v) is 2.02. The van der Waals surface area contributed by atoms with E-state index in [-0.39, 0.29) is 13.0 Å². The first-order chi connectivity index (χ1) is 9.58. The molecule has 0 aromatic carbocycles. The summed E-state index contributed by atoms with van der Waals surface area (Å²) >= 11 is 0. The number of aldehydes is 1. The number of aromatic nitrogens is 2. The number of halogens is 3. The number of ether oxygens (including phenoxy) is 1. The summed E-state index contributed by atoms with van der Waals surface area (Å²) in [6, 6.07) is 0. The summed E-state index contributed by atoms with van der Waals surface area (Å²) in [5, 5.41) is 12.5. The van der Waals surface area contributed by atoms with Crippen LogP contribution in [0.4, 0.5) is 13.2 Å². The molecule has 7 nitrogen and oxygen atoms in total. The van der Waals surface area contributed by atoms with Crippen molar-refractivity contribution in [2.24, 2.45) is 0 Å². The normalized spacial score (nSPS) is 10.3. The number of rotatable bonds is 4. The van der Waals surface area contributed by atoms with Crippen molar-refractivity contribution in [3.8, 4) is 0 Å². The summed E-state index contributed by atoms with van der Waals surface area (Å²) < 4.78 is 37.0. The number of hydrogen-bond acceptors (Lipinski definition) is 5. The molecule has 0 saturated carbocycles. The lowest BCUT2D eigenvalue weighted by Crippen LogP contribution is -2.10. The Balaban J connectivity index is 0.000000567. The number of carboxylic acids is 1. The first-order valence-electron chi connectivity index (χ1n) is 5.43. The first-order valence-corrected chi connectivity index (χ1v) is 5.43. The lowest BCUT2D eigenvalue weighted by Gasteiger charge is -1.96. The van der Waals surface area contributed by atoms with E-state index in [1.807, 2.05) is 0 Å². The molecule has 1 rings (SSSR count). The van der Waals surface area contributed by atoms with Gasteiger partial charge in [0.1, 0.15) is 6.54 Å². The molecule has 118 valence electrons. The summed E-state index contributed by atoms with van der Waals surface area (Å²) in [5.41, 5.74) is 1.32. The molecule has 0 unspecified atom stereocenters. The fraction of sp³-hybridized carbons (Fsp3) is 0.455. The highest BCUT2D eigenvalue weighted by Crippen LogP contribution is 2.08. The van der Waals surface area contributed by atoms with Gasteiger partial charge in [-0.3, -0.25) is 19.1 Å². The predicted molar refractivity (Wildman–Crippen MR) is 62.4 cm³/mol. The molecule has 0 atom stereocenters. The number of aryl methyl sites for hydroxylation is 1. The van der Waals surface area contributed by atoms with E-state index in [0.29, 0.717) is 5.69 Å². The van der Waals surface area contributed by atoms with E-state index in [0.717, 1.165) is 5.56 Å². The van der Waals surface area contributed by atoms with E-state index in [1.165, 1.54) is 11.8 Å². The molecule has 1 aromatic heterocycles. The van der Waals surface area contributed by atoms with Crippen LogP contribution in [0, 0.1) is 6.92 Å². The SMILES string of the molecule is COC(=O)Cc1nn(CC(=O)O)cc1C.O=CC(F)(F)F. The number of methoxy groups -OCH3 is 1. The molecular formula is C11H13F3N2O5. The van der Waals surface area contributed by atoms with E-state index in [4.69, 9.17) is 9.90 Å². The highest BCUT2D eigenvalue weighted by molar-refractivity contribution is 5.72. The molecule has 0 saturated heterocycles. The molecule has 0 aliphatic rings. The summed E-state index contributed by atoms with van der Waals surface area (Å²) in [4.78, 5) is 30.1. The van der Waals surface area contributed by atoms with Crippen LogP contribution in [0.1, 0.15) is 11.3 Å². The largest absolute Gasteiger partial charge is 0.480 e. The second-order valence-electron chi connectivity index (χ2n) is 3.76. The number of nitrogens with zero attached hydrogens (tertiary/aromatic N) is 2. The number of hydrogen-bond donors (Lipinski definition) is 1. The van der Waals surface area contributed by atoms with E-state index >= 15 is 0 Å². The van der Waals surface area contributed by atoms with Crippen LogP contribution < -0.4 is 0 Å². The predicted octanol–water partition coefficient (Wildman–Crippen LogP) is 0.739. The fourth-order valence-corrected chi connectivity index (χ4v) is 1.16. The molecule has 10 heteroatoms. The van der Waals surface area contributed by atoms with Crippen LogP contribution in [0.25, 0.3) is 0 Å². The molecule has 0 aliphatic carbocycles. The van der Waals surface area contributed by atoms with E-state index < -0.39 is 24.4 Å². The molecule has 0 fully saturated rings. The standard InChI is InChI=1S/C9H12N2O4.C2HF3O/c1-6-4-11(5-8(12)13)10-7(6)3-9(14)15-2;3-2(4,5)1-6/h4H,3,5H2,1-2H3,(H,12,13);1H. The van der Waals surface area contributed by atoms with Crippen molar-refractivity contribution in [2.45, 2.75) is 26.1 Å². The summed E-state index contributed by atoms with van der Waals surface area (Å²) in [6.07, 6.45) is -4.05. The third-order valence-electron chi connectivity index (χ3n) is 2.02. The van der Waals surface area contributed by atoms with Crippen molar-refractivity contribution in [2.75, 3.05) is 7.11 Å². The highest BCUT2D eigenvalue weighted by Gasteiger charge is 2.24. The van der Waals surface area contributed by atoms with Crippen molar-refractivity contribution >= 4 is 18.2 Å². The summed E-state index contributed by atoms with van der Waals surface area (Å²) in [7, 11) is 1.30. The number of alkyl halides is 3. The van der Waals surface area contributed by atoms with Gasteiger partial charge in [-0.2, -0.15) is 18.3 Å².